The number of hydrogen-bond acceptors (Lipinski definition) is 4. The Hall–Kier alpha value is -1.96. The van der Waals surface area contributed by atoms with Crippen LogP contribution in [0.4, 0.5) is 4.39 Å². The Morgan fingerprint density at radius 3 is 2.68 bits per heavy atom. The summed E-state index contributed by atoms with van der Waals surface area (Å²) >= 11 is 0. The molecule has 28 heavy (non-hydrogen) atoms. The molecule has 1 aliphatic rings. The van der Waals surface area contributed by atoms with E-state index in [-0.39, 0.29) is 16.6 Å². The molecule has 1 fully saturated rings. The molecule has 3 rings (SSSR count). The van der Waals surface area contributed by atoms with E-state index < -0.39 is 10.0 Å². The number of likely N-dealkylation sites (tertiary alicyclic amines) is 1. The summed E-state index contributed by atoms with van der Waals surface area (Å²) in [4.78, 5) is 2.52. The van der Waals surface area contributed by atoms with E-state index in [0.717, 1.165) is 37.1 Å². The summed E-state index contributed by atoms with van der Waals surface area (Å²) in [6, 6.07) is 11.4. The van der Waals surface area contributed by atoms with E-state index in [1.807, 2.05) is 6.92 Å². The summed E-state index contributed by atoms with van der Waals surface area (Å²) in [7, 11) is -1.93. The SMILES string of the molecule is COc1ccc(F)cc1CN1CCCC(CNS(=O)(=O)c2ccc(C)cc2)C1. The van der Waals surface area contributed by atoms with Gasteiger partial charge in [-0.2, -0.15) is 0 Å². The zero-order chi connectivity index (χ0) is 20.1. The Bertz CT molecular complexity index is 900. The van der Waals surface area contributed by atoms with Crippen LogP contribution in [0.3, 0.4) is 0 Å². The predicted octanol–water partition coefficient (Wildman–Crippen LogP) is 3.33. The minimum absolute atomic E-state index is 0.216. The van der Waals surface area contributed by atoms with Gasteiger partial charge in [0.05, 0.1) is 12.0 Å². The second-order valence-corrected chi connectivity index (χ2v) is 9.13. The van der Waals surface area contributed by atoms with Crippen LogP contribution in [0.1, 0.15) is 24.0 Å². The van der Waals surface area contributed by atoms with Crippen LogP contribution >= 0.6 is 0 Å². The lowest BCUT2D eigenvalue weighted by Crippen LogP contribution is -2.40. The monoisotopic (exact) mass is 406 g/mol. The van der Waals surface area contributed by atoms with Crippen molar-refractivity contribution in [1.29, 1.82) is 0 Å². The van der Waals surface area contributed by atoms with Gasteiger partial charge in [0.15, 0.2) is 0 Å². The summed E-state index contributed by atoms with van der Waals surface area (Å²) in [6.45, 7) is 4.57. The molecule has 1 unspecified atom stereocenters. The van der Waals surface area contributed by atoms with Crippen LogP contribution < -0.4 is 9.46 Å². The third-order valence-corrected chi connectivity index (χ3v) is 6.57. The van der Waals surface area contributed by atoms with Crippen LogP contribution in [0.5, 0.6) is 5.75 Å². The number of nitrogens with zero attached hydrogens (tertiary/aromatic N) is 1. The van der Waals surface area contributed by atoms with Crippen molar-refractivity contribution in [2.45, 2.75) is 31.2 Å². The number of nitrogens with one attached hydrogen (secondary N) is 1. The predicted molar refractivity (Wildman–Crippen MR) is 107 cm³/mol. The minimum atomic E-state index is -3.51. The first-order chi connectivity index (χ1) is 13.4. The highest BCUT2D eigenvalue weighted by molar-refractivity contribution is 7.89. The zero-order valence-corrected chi connectivity index (χ0v) is 17.1. The quantitative estimate of drug-likeness (QED) is 0.766. The van der Waals surface area contributed by atoms with E-state index in [9.17, 15) is 12.8 Å². The van der Waals surface area contributed by atoms with Gasteiger partial charge in [-0.25, -0.2) is 17.5 Å². The molecule has 0 bridgehead atoms. The van der Waals surface area contributed by atoms with Crippen molar-refractivity contribution in [2.75, 3.05) is 26.7 Å². The van der Waals surface area contributed by atoms with Crippen molar-refractivity contribution < 1.29 is 17.5 Å². The Morgan fingerprint density at radius 1 is 1.21 bits per heavy atom. The maximum Gasteiger partial charge on any atom is 0.240 e. The summed E-state index contributed by atoms with van der Waals surface area (Å²) in [5, 5.41) is 0. The van der Waals surface area contributed by atoms with Gasteiger partial charge in [0.25, 0.3) is 0 Å². The van der Waals surface area contributed by atoms with Crippen molar-refractivity contribution in [1.82, 2.24) is 9.62 Å². The lowest BCUT2D eigenvalue weighted by molar-refractivity contribution is 0.167. The fourth-order valence-corrected chi connectivity index (χ4v) is 4.72. The fourth-order valence-electron chi connectivity index (χ4n) is 3.60. The van der Waals surface area contributed by atoms with Gasteiger partial charge in [-0.3, -0.25) is 4.90 Å². The van der Waals surface area contributed by atoms with Gasteiger partial charge in [0.1, 0.15) is 11.6 Å². The molecule has 0 saturated carbocycles. The molecule has 2 aromatic rings. The van der Waals surface area contributed by atoms with Crippen LogP contribution in [-0.2, 0) is 16.6 Å². The number of rotatable bonds is 7. The summed E-state index contributed by atoms with van der Waals surface area (Å²) < 4.78 is 46.7. The van der Waals surface area contributed by atoms with Crippen LogP contribution in [0.15, 0.2) is 47.4 Å². The number of aryl methyl sites for hydroxylation is 1. The summed E-state index contributed by atoms with van der Waals surface area (Å²) in [5.74, 6) is 0.604. The van der Waals surface area contributed by atoms with E-state index in [1.165, 1.54) is 12.1 Å². The molecule has 0 amide bonds. The van der Waals surface area contributed by atoms with E-state index in [4.69, 9.17) is 4.74 Å². The number of sulfonamides is 1. The highest BCUT2D eigenvalue weighted by Gasteiger charge is 2.23. The third-order valence-electron chi connectivity index (χ3n) is 5.13. The number of halogens is 1. The molecule has 2 aromatic carbocycles. The maximum atomic E-state index is 13.6. The lowest BCUT2D eigenvalue weighted by Gasteiger charge is -2.33. The van der Waals surface area contributed by atoms with E-state index in [2.05, 4.69) is 9.62 Å². The van der Waals surface area contributed by atoms with Gasteiger partial charge in [0, 0.05) is 25.2 Å². The second kappa shape index (κ2) is 9.03. The average Bonchev–Trinajstić information content (AvgIpc) is 2.67. The van der Waals surface area contributed by atoms with Crippen LogP contribution in [0, 0.1) is 18.7 Å². The topological polar surface area (TPSA) is 58.6 Å². The standard InChI is InChI=1S/C21H27FN2O3S/c1-16-5-8-20(9-6-16)28(25,26)23-13-17-4-3-11-24(14-17)15-18-12-19(22)7-10-21(18)27-2/h5-10,12,17,23H,3-4,11,13-15H2,1-2H3. The van der Waals surface area contributed by atoms with Gasteiger partial charge in [-0.05, 0) is 62.6 Å². The Labute approximate surface area is 166 Å². The minimum Gasteiger partial charge on any atom is -0.496 e. The fraction of sp³-hybridized carbons (Fsp3) is 0.429. The first kappa shape index (κ1) is 20.8. The smallest absolute Gasteiger partial charge is 0.240 e. The number of piperidine rings is 1. The van der Waals surface area contributed by atoms with Gasteiger partial charge >= 0.3 is 0 Å². The van der Waals surface area contributed by atoms with Crippen LogP contribution in [-0.4, -0.2) is 40.1 Å². The lowest BCUT2D eigenvalue weighted by atomic mass is 9.98. The molecule has 0 aliphatic carbocycles. The normalized spacial score (nSPS) is 18.2. The molecule has 0 spiro atoms. The van der Waals surface area contributed by atoms with Crippen molar-refractivity contribution >= 4 is 10.0 Å². The van der Waals surface area contributed by atoms with Crippen LogP contribution in [0.2, 0.25) is 0 Å². The molecule has 1 aliphatic heterocycles. The molecule has 5 nitrogen and oxygen atoms in total. The Morgan fingerprint density at radius 2 is 1.96 bits per heavy atom. The Kier molecular flexibility index (Phi) is 6.69. The molecular formula is C21H27FN2O3S. The van der Waals surface area contributed by atoms with Gasteiger partial charge in [-0.15, -0.1) is 0 Å². The number of hydrogen-bond donors (Lipinski definition) is 1. The summed E-state index contributed by atoms with van der Waals surface area (Å²) in [5.41, 5.74) is 1.83. The molecule has 7 heteroatoms. The number of benzene rings is 2. The molecule has 1 atom stereocenters. The zero-order valence-electron chi connectivity index (χ0n) is 16.3. The molecule has 152 valence electrons. The molecular weight excluding hydrogens is 379 g/mol. The van der Waals surface area contributed by atoms with Crippen molar-refractivity contribution in [3.8, 4) is 5.75 Å². The first-order valence-electron chi connectivity index (χ1n) is 9.48. The van der Waals surface area contributed by atoms with Gasteiger partial charge < -0.3 is 4.74 Å². The Balaban J connectivity index is 1.59. The maximum absolute atomic E-state index is 13.6. The average molecular weight is 407 g/mol. The molecule has 0 aromatic heterocycles. The highest BCUT2D eigenvalue weighted by Crippen LogP contribution is 2.24. The van der Waals surface area contributed by atoms with Gasteiger partial charge in [-0.1, -0.05) is 17.7 Å². The molecule has 1 saturated heterocycles. The van der Waals surface area contributed by atoms with E-state index in [0.29, 0.717) is 18.8 Å². The largest absolute Gasteiger partial charge is 0.496 e. The molecule has 1 heterocycles. The van der Waals surface area contributed by atoms with Crippen molar-refractivity contribution in [3.63, 3.8) is 0 Å². The number of ether oxygens (including phenoxy) is 1. The summed E-state index contributed by atoms with van der Waals surface area (Å²) in [6.07, 6.45) is 1.95. The van der Waals surface area contributed by atoms with E-state index in [1.54, 1.807) is 37.4 Å². The number of methoxy groups -OCH3 is 1. The second-order valence-electron chi connectivity index (χ2n) is 7.36. The molecule has 1 N–H and O–H groups in total. The first-order valence-corrected chi connectivity index (χ1v) is 11.0. The van der Waals surface area contributed by atoms with Gasteiger partial charge in [0.2, 0.25) is 10.0 Å². The molecule has 0 radical (unpaired) electrons. The van der Waals surface area contributed by atoms with E-state index >= 15 is 0 Å². The third kappa shape index (κ3) is 5.31. The van der Waals surface area contributed by atoms with Crippen molar-refractivity contribution in [3.05, 3.63) is 59.4 Å². The highest BCUT2D eigenvalue weighted by atomic mass is 32.2. The van der Waals surface area contributed by atoms with Crippen molar-refractivity contribution in [2.24, 2.45) is 5.92 Å². The van der Waals surface area contributed by atoms with Crippen LogP contribution in [0.25, 0.3) is 0 Å².